The molecule has 0 aliphatic carbocycles. The number of benzene rings is 2. The van der Waals surface area contributed by atoms with Gasteiger partial charge >= 0.3 is 0 Å². The highest BCUT2D eigenvalue weighted by atomic mass is 32.2. The zero-order chi connectivity index (χ0) is 16.8. The first-order valence-electron chi connectivity index (χ1n) is 7.44. The third-order valence-electron chi connectivity index (χ3n) is 3.57. The number of hydrogen-bond acceptors (Lipinski definition) is 3. The summed E-state index contributed by atoms with van der Waals surface area (Å²) in [6.45, 7) is 6.06. The predicted molar refractivity (Wildman–Crippen MR) is 96.6 cm³/mol. The van der Waals surface area contributed by atoms with E-state index < -0.39 is 0 Å². The Morgan fingerprint density at radius 1 is 1.17 bits per heavy atom. The summed E-state index contributed by atoms with van der Waals surface area (Å²) in [5, 5.41) is 12.1. The number of rotatable bonds is 5. The molecule has 0 aliphatic heterocycles. The number of nitrogens with zero attached hydrogens (tertiary/aromatic N) is 1. The van der Waals surface area contributed by atoms with Crippen LogP contribution in [0.2, 0.25) is 0 Å². The SMILES string of the molecule is Cc1cc(C)c(NC(=O)CSCc2ccccc2C#N)c(C)c1. The van der Waals surface area contributed by atoms with Gasteiger partial charge in [-0.1, -0.05) is 35.9 Å². The number of nitriles is 1. The van der Waals surface area contributed by atoms with Crippen LogP contribution < -0.4 is 5.32 Å². The maximum atomic E-state index is 12.1. The van der Waals surface area contributed by atoms with Gasteiger partial charge in [0.2, 0.25) is 5.91 Å². The van der Waals surface area contributed by atoms with Crippen LogP contribution in [0.4, 0.5) is 5.69 Å². The minimum absolute atomic E-state index is 0.0144. The Morgan fingerprint density at radius 3 is 2.48 bits per heavy atom. The monoisotopic (exact) mass is 324 g/mol. The van der Waals surface area contributed by atoms with Crippen molar-refractivity contribution >= 4 is 23.4 Å². The molecule has 0 saturated carbocycles. The van der Waals surface area contributed by atoms with Crippen molar-refractivity contribution in [1.82, 2.24) is 0 Å². The van der Waals surface area contributed by atoms with Crippen LogP contribution in [0.3, 0.4) is 0 Å². The highest BCUT2D eigenvalue weighted by Crippen LogP contribution is 2.22. The number of anilines is 1. The zero-order valence-electron chi connectivity index (χ0n) is 13.6. The van der Waals surface area contributed by atoms with E-state index in [0.717, 1.165) is 22.4 Å². The van der Waals surface area contributed by atoms with E-state index in [1.54, 1.807) is 6.07 Å². The Bertz CT molecular complexity index is 739. The van der Waals surface area contributed by atoms with Crippen LogP contribution in [0.15, 0.2) is 36.4 Å². The van der Waals surface area contributed by atoms with Crippen molar-refractivity contribution in [2.75, 3.05) is 11.1 Å². The summed E-state index contributed by atoms with van der Waals surface area (Å²) < 4.78 is 0. The molecule has 0 unspecified atom stereocenters. The summed E-state index contributed by atoms with van der Waals surface area (Å²) >= 11 is 1.51. The minimum atomic E-state index is -0.0144. The van der Waals surface area contributed by atoms with E-state index in [-0.39, 0.29) is 5.91 Å². The Hall–Kier alpha value is -2.25. The molecule has 0 saturated heterocycles. The van der Waals surface area contributed by atoms with Gasteiger partial charge in [-0.2, -0.15) is 5.26 Å². The van der Waals surface area contributed by atoms with Crippen LogP contribution in [0, 0.1) is 32.1 Å². The van der Waals surface area contributed by atoms with Gasteiger partial charge in [0.05, 0.1) is 17.4 Å². The van der Waals surface area contributed by atoms with Gasteiger partial charge in [-0.05, 0) is 43.5 Å². The number of thioether (sulfide) groups is 1. The predicted octanol–water partition coefficient (Wildman–Crippen LogP) is 4.36. The Balaban J connectivity index is 1.93. The second-order valence-electron chi connectivity index (χ2n) is 5.58. The third-order valence-corrected chi connectivity index (χ3v) is 4.55. The van der Waals surface area contributed by atoms with E-state index in [1.807, 2.05) is 39.0 Å². The van der Waals surface area contributed by atoms with Gasteiger partial charge in [0, 0.05) is 11.4 Å². The van der Waals surface area contributed by atoms with Crippen molar-refractivity contribution < 1.29 is 4.79 Å². The fourth-order valence-corrected chi connectivity index (χ4v) is 3.39. The molecule has 0 aliphatic rings. The topological polar surface area (TPSA) is 52.9 Å². The Labute approximate surface area is 141 Å². The lowest BCUT2D eigenvalue weighted by atomic mass is 10.1. The number of hydrogen-bond donors (Lipinski definition) is 1. The molecule has 23 heavy (non-hydrogen) atoms. The molecule has 0 aromatic heterocycles. The molecule has 4 heteroatoms. The highest BCUT2D eigenvalue weighted by molar-refractivity contribution is 7.99. The maximum Gasteiger partial charge on any atom is 0.234 e. The average Bonchev–Trinajstić information content (AvgIpc) is 2.51. The highest BCUT2D eigenvalue weighted by Gasteiger charge is 2.09. The molecule has 1 N–H and O–H groups in total. The standard InChI is InChI=1S/C19H20N2OS/c1-13-8-14(2)19(15(3)9-13)21-18(22)12-23-11-17-7-5-4-6-16(17)10-20/h4-9H,11-12H2,1-3H3,(H,21,22). The Morgan fingerprint density at radius 2 is 1.83 bits per heavy atom. The van der Waals surface area contributed by atoms with E-state index in [4.69, 9.17) is 5.26 Å². The summed E-state index contributed by atoms with van der Waals surface area (Å²) in [5.74, 6) is 1.01. The van der Waals surface area contributed by atoms with Crippen molar-refractivity contribution in [3.63, 3.8) is 0 Å². The number of carbonyl (C=O) groups is 1. The molecule has 0 heterocycles. The van der Waals surface area contributed by atoms with Crippen LogP contribution in [0.1, 0.15) is 27.8 Å². The van der Waals surface area contributed by atoms with Gasteiger partial charge in [0.25, 0.3) is 0 Å². The van der Waals surface area contributed by atoms with Gasteiger partial charge in [0.15, 0.2) is 0 Å². The minimum Gasteiger partial charge on any atom is -0.325 e. The number of amides is 1. The second kappa shape index (κ2) is 7.85. The number of aryl methyl sites for hydroxylation is 3. The largest absolute Gasteiger partial charge is 0.325 e. The molecule has 0 radical (unpaired) electrons. The van der Waals surface area contributed by atoms with Crippen molar-refractivity contribution in [2.24, 2.45) is 0 Å². The van der Waals surface area contributed by atoms with Crippen molar-refractivity contribution in [3.8, 4) is 6.07 Å². The smallest absolute Gasteiger partial charge is 0.234 e. The van der Waals surface area contributed by atoms with E-state index in [9.17, 15) is 4.79 Å². The third kappa shape index (κ3) is 4.61. The maximum absolute atomic E-state index is 12.1. The quantitative estimate of drug-likeness (QED) is 0.889. The van der Waals surface area contributed by atoms with Crippen LogP contribution in [-0.2, 0) is 10.5 Å². The molecule has 0 spiro atoms. The second-order valence-corrected chi connectivity index (χ2v) is 6.57. The van der Waals surface area contributed by atoms with E-state index in [2.05, 4.69) is 23.5 Å². The molecule has 118 valence electrons. The van der Waals surface area contributed by atoms with Crippen molar-refractivity contribution in [2.45, 2.75) is 26.5 Å². The molecule has 0 bridgehead atoms. The lowest BCUT2D eigenvalue weighted by Gasteiger charge is -2.12. The first-order chi connectivity index (χ1) is 11.0. The van der Waals surface area contributed by atoms with E-state index in [0.29, 0.717) is 17.1 Å². The molecule has 2 rings (SSSR count). The van der Waals surface area contributed by atoms with Gasteiger partial charge in [-0.25, -0.2) is 0 Å². The summed E-state index contributed by atoms with van der Waals surface area (Å²) in [7, 11) is 0. The van der Waals surface area contributed by atoms with Gasteiger partial charge in [0.1, 0.15) is 0 Å². The molecular formula is C19H20N2OS. The van der Waals surface area contributed by atoms with Crippen LogP contribution in [0.5, 0.6) is 0 Å². The summed E-state index contributed by atoms with van der Waals surface area (Å²) in [4.78, 5) is 12.1. The average molecular weight is 324 g/mol. The fraction of sp³-hybridized carbons (Fsp3) is 0.263. The van der Waals surface area contributed by atoms with Gasteiger partial charge in [-0.15, -0.1) is 11.8 Å². The lowest BCUT2D eigenvalue weighted by molar-refractivity contribution is -0.113. The molecule has 2 aromatic rings. The first kappa shape index (κ1) is 17.1. The summed E-state index contributed by atoms with van der Waals surface area (Å²) in [6, 6.07) is 13.8. The van der Waals surface area contributed by atoms with Crippen LogP contribution in [-0.4, -0.2) is 11.7 Å². The van der Waals surface area contributed by atoms with Gasteiger partial charge < -0.3 is 5.32 Å². The van der Waals surface area contributed by atoms with Crippen molar-refractivity contribution in [3.05, 3.63) is 64.2 Å². The van der Waals surface area contributed by atoms with Crippen molar-refractivity contribution in [1.29, 1.82) is 5.26 Å². The molecule has 0 fully saturated rings. The lowest BCUT2D eigenvalue weighted by Crippen LogP contribution is -2.16. The molecule has 0 atom stereocenters. The molecule has 3 nitrogen and oxygen atoms in total. The first-order valence-corrected chi connectivity index (χ1v) is 8.60. The summed E-state index contributed by atoms with van der Waals surface area (Å²) in [5.41, 5.74) is 5.89. The van der Waals surface area contributed by atoms with E-state index >= 15 is 0 Å². The molecule has 2 aromatic carbocycles. The number of nitrogens with one attached hydrogen (secondary N) is 1. The van der Waals surface area contributed by atoms with Gasteiger partial charge in [-0.3, -0.25) is 4.79 Å². The zero-order valence-corrected chi connectivity index (χ0v) is 14.5. The fourth-order valence-electron chi connectivity index (χ4n) is 2.56. The van der Waals surface area contributed by atoms with Crippen LogP contribution >= 0.6 is 11.8 Å². The van der Waals surface area contributed by atoms with E-state index in [1.165, 1.54) is 17.3 Å². The summed E-state index contributed by atoms with van der Waals surface area (Å²) in [6.07, 6.45) is 0. The van der Waals surface area contributed by atoms with Crippen LogP contribution in [0.25, 0.3) is 0 Å². The normalized spacial score (nSPS) is 10.2. The molecular weight excluding hydrogens is 304 g/mol. The number of carbonyl (C=O) groups excluding carboxylic acids is 1. The molecule has 1 amide bonds. The Kier molecular flexibility index (Phi) is 5.84.